The van der Waals surface area contributed by atoms with Gasteiger partial charge < -0.3 is 20.1 Å². The lowest BCUT2D eigenvalue weighted by Gasteiger charge is -2.16. The first-order valence-electron chi connectivity index (χ1n) is 6.11. The summed E-state index contributed by atoms with van der Waals surface area (Å²) >= 11 is 0. The first-order chi connectivity index (χ1) is 8.52. The second kappa shape index (κ2) is 3.80. The molecule has 0 saturated heterocycles. The van der Waals surface area contributed by atoms with Crippen LogP contribution in [0.2, 0.25) is 0 Å². The van der Waals surface area contributed by atoms with Crippen LogP contribution >= 0.6 is 0 Å². The molecule has 1 aliphatic carbocycles. The van der Waals surface area contributed by atoms with Crippen molar-refractivity contribution >= 4 is 11.7 Å². The predicted molar refractivity (Wildman–Crippen MR) is 67.0 cm³/mol. The smallest absolute Gasteiger partial charge is 0.319 e. The number of amides is 2. The molecule has 2 N–H and O–H groups in total. The van der Waals surface area contributed by atoms with Crippen LogP contribution in [0.4, 0.5) is 10.5 Å². The normalized spacial score (nSPS) is 19.4. The van der Waals surface area contributed by atoms with Crippen molar-refractivity contribution in [2.24, 2.45) is 0 Å². The van der Waals surface area contributed by atoms with Crippen LogP contribution in [0.3, 0.4) is 0 Å². The highest BCUT2D eigenvalue weighted by molar-refractivity contribution is 5.90. The number of hydrogen-bond donors (Lipinski definition) is 2. The number of fused-ring (bicyclic) bond motifs is 1. The van der Waals surface area contributed by atoms with Crippen molar-refractivity contribution in [3.63, 3.8) is 0 Å². The van der Waals surface area contributed by atoms with Crippen molar-refractivity contribution in [3.05, 3.63) is 18.2 Å². The maximum Gasteiger partial charge on any atom is 0.319 e. The average Bonchev–Trinajstić information content (AvgIpc) is 2.99. The third kappa shape index (κ3) is 2.34. The van der Waals surface area contributed by atoms with Crippen LogP contribution in [0.15, 0.2) is 18.2 Å². The number of carbonyl (C=O) groups is 1. The van der Waals surface area contributed by atoms with E-state index in [0.717, 1.165) is 12.8 Å². The molecule has 1 aliphatic heterocycles. The van der Waals surface area contributed by atoms with Crippen LogP contribution in [0.25, 0.3) is 0 Å². The van der Waals surface area contributed by atoms with Crippen LogP contribution in [0.1, 0.15) is 26.7 Å². The molecule has 1 aromatic carbocycles. The Kier molecular flexibility index (Phi) is 2.36. The van der Waals surface area contributed by atoms with Crippen LogP contribution in [0, 0.1) is 0 Å². The Morgan fingerprint density at radius 2 is 2.00 bits per heavy atom. The predicted octanol–water partition coefficient (Wildman–Crippen LogP) is 2.48. The zero-order valence-electron chi connectivity index (χ0n) is 10.4. The van der Waals surface area contributed by atoms with E-state index < -0.39 is 5.79 Å². The van der Waals surface area contributed by atoms with E-state index in [1.807, 2.05) is 13.8 Å². The fourth-order valence-corrected chi connectivity index (χ4v) is 1.88. The molecule has 5 heteroatoms. The van der Waals surface area contributed by atoms with Gasteiger partial charge in [0.2, 0.25) is 5.79 Å². The molecule has 0 atom stereocenters. The van der Waals surface area contributed by atoms with Crippen LogP contribution in [-0.2, 0) is 0 Å². The number of carbonyl (C=O) groups excluding carboxylic acids is 1. The summed E-state index contributed by atoms with van der Waals surface area (Å²) in [5.41, 5.74) is 0.702. The summed E-state index contributed by atoms with van der Waals surface area (Å²) in [6, 6.07) is 5.55. The third-order valence-corrected chi connectivity index (χ3v) is 2.83. The zero-order chi connectivity index (χ0) is 12.8. The molecule has 2 amide bonds. The monoisotopic (exact) mass is 248 g/mol. The Morgan fingerprint density at radius 1 is 1.28 bits per heavy atom. The second-order valence-electron chi connectivity index (χ2n) is 5.14. The summed E-state index contributed by atoms with van der Waals surface area (Å²) in [6.45, 7) is 3.69. The van der Waals surface area contributed by atoms with Gasteiger partial charge in [0.25, 0.3) is 0 Å². The minimum Gasteiger partial charge on any atom is -0.449 e. The van der Waals surface area contributed by atoms with Crippen molar-refractivity contribution in [1.29, 1.82) is 0 Å². The van der Waals surface area contributed by atoms with Gasteiger partial charge in [0.15, 0.2) is 11.5 Å². The van der Waals surface area contributed by atoms with Crippen LogP contribution in [-0.4, -0.2) is 17.9 Å². The van der Waals surface area contributed by atoms with Crippen LogP contribution < -0.4 is 20.1 Å². The summed E-state index contributed by atoms with van der Waals surface area (Å²) in [7, 11) is 0. The molecule has 1 aromatic rings. The van der Waals surface area contributed by atoms with Crippen LogP contribution in [0.5, 0.6) is 11.5 Å². The van der Waals surface area contributed by atoms with Gasteiger partial charge in [-0.2, -0.15) is 0 Å². The lowest BCUT2D eigenvalue weighted by atomic mass is 10.3. The van der Waals surface area contributed by atoms with Crippen molar-refractivity contribution in [1.82, 2.24) is 5.32 Å². The van der Waals surface area contributed by atoms with Gasteiger partial charge in [-0.3, -0.25) is 0 Å². The first kappa shape index (κ1) is 11.2. The SMILES string of the molecule is CC1(C)Oc2ccc(NC(=O)NC3CC3)cc2O1. The maximum atomic E-state index is 11.6. The molecule has 0 spiro atoms. The molecule has 1 fully saturated rings. The number of rotatable bonds is 2. The van der Waals surface area contributed by atoms with E-state index in [-0.39, 0.29) is 6.03 Å². The molecule has 0 aromatic heterocycles. The molecule has 2 aliphatic rings. The molecule has 1 heterocycles. The average molecular weight is 248 g/mol. The summed E-state index contributed by atoms with van der Waals surface area (Å²) in [4.78, 5) is 11.6. The number of hydrogen-bond acceptors (Lipinski definition) is 3. The molecule has 96 valence electrons. The van der Waals surface area contributed by atoms with E-state index in [1.165, 1.54) is 0 Å². The van der Waals surface area contributed by atoms with Gasteiger partial charge in [-0.25, -0.2) is 4.79 Å². The number of ether oxygens (including phenoxy) is 2. The van der Waals surface area contributed by atoms with E-state index in [0.29, 0.717) is 23.2 Å². The van der Waals surface area contributed by atoms with Crippen molar-refractivity contribution < 1.29 is 14.3 Å². The minimum atomic E-state index is -0.642. The Bertz CT molecular complexity index is 495. The van der Waals surface area contributed by atoms with Gasteiger partial charge in [-0.1, -0.05) is 0 Å². The number of urea groups is 1. The highest BCUT2D eigenvalue weighted by Crippen LogP contribution is 2.40. The largest absolute Gasteiger partial charge is 0.449 e. The van der Waals surface area contributed by atoms with E-state index in [1.54, 1.807) is 18.2 Å². The van der Waals surface area contributed by atoms with Gasteiger partial charge in [0.05, 0.1) is 0 Å². The summed E-state index contributed by atoms with van der Waals surface area (Å²) in [5, 5.41) is 5.65. The lowest BCUT2D eigenvalue weighted by molar-refractivity contribution is -0.0431. The molecule has 0 radical (unpaired) electrons. The van der Waals surface area contributed by atoms with E-state index in [9.17, 15) is 4.79 Å². The standard InChI is InChI=1S/C13H16N2O3/c1-13(2)17-10-6-5-9(7-11(10)18-13)15-12(16)14-8-3-4-8/h5-8H,3-4H2,1-2H3,(H2,14,15,16). The fraction of sp³-hybridized carbons (Fsp3) is 0.462. The fourth-order valence-electron chi connectivity index (χ4n) is 1.88. The highest BCUT2D eigenvalue weighted by Gasteiger charge is 2.31. The highest BCUT2D eigenvalue weighted by atomic mass is 16.7. The van der Waals surface area contributed by atoms with Crippen molar-refractivity contribution in [2.45, 2.75) is 38.5 Å². The van der Waals surface area contributed by atoms with E-state index in [2.05, 4.69) is 10.6 Å². The van der Waals surface area contributed by atoms with Crippen molar-refractivity contribution in [2.75, 3.05) is 5.32 Å². The number of nitrogens with one attached hydrogen (secondary N) is 2. The molecule has 0 unspecified atom stereocenters. The van der Waals surface area contributed by atoms with Gasteiger partial charge >= 0.3 is 6.03 Å². The molecule has 18 heavy (non-hydrogen) atoms. The Morgan fingerprint density at radius 3 is 2.72 bits per heavy atom. The van der Waals surface area contributed by atoms with Crippen molar-refractivity contribution in [3.8, 4) is 11.5 Å². The molecule has 5 nitrogen and oxygen atoms in total. The van der Waals surface area contributed by atoms with E-state index >= 15 is 0 Å². The van der Waals surface area contributed by atoms with Gasteiger partial charge in [0, 0.05) is 31.6 Å². The third-order valence-electron chi connectivity index (χ3n) is 2.83. The lowest BCUT2D eigenvalue weighted by Crippen LogP contribution is -2.30. The van der Waals surface area contributed by atoms with Gasteiger partial charge in [-0.15, -0.1) is 0 Å². The molecule has 3 rings (SSSR count). The van der Waals surface area contributed by atoms with E-state index in [4.69, 9.17) is 9.47 Å². The molecular formula is C13H16N2O3. The topological polar surface area (TPSA) is 59.6 Å². The summed E-state index contributed by atoms with van der Waals surface area (Å²) < 4.78 is 11.2. The molecule has 0 bridgehead atoms. The van der Waals surface area contributed by atoms with Gasteiger partial charge in [-0.05, 0) is 25.0 Å². The Labute approximate surface area is 105 Å². The second-order valence-corrected chi connectivity index (χ2v) is 5.14. The first-order valence-corrected chi connectivity index (χ1v) is 6.11. The minimum absolute atomic E-state index is 0.171. The Balaban J connectivity index is 1.69. The number of benzene rings is 1. The Hall–Kier alpha value is -1.91. The molecule has 1 saturated carbocycles. The summed E-state index contributed by atoms with van der Waals surface area (Å²) in [6.07, 6.45) is 2.14. The quantitative estimate of drug-likeness (QED) is 0.845. The summed E-state index contributed by atoms with van der Waals surface area (Å²) in [5.74, 6) is 0.717. The zero-order valence-corrected chi connectivity index (χ0v) is 10.4. The number of anilines is 1. The molecular weight excluding hydrogens is 232 g/mol. The van der Waals surface area contributed by atoms with Gasteiger partial charge in [0.1, 0.15) is 0 Å². The maximum absolute atomic E-state index is 11.6.